The zero-order chi connectivity index (χ0) is 8.69. The minimum absolute atomic E-state index is 0.531. The predicted octanol–water partition coefficient (Wildman–Crippen LogP) is -1.12. The van der Waals surface area contributed by atoms with Gasteiger partial charge in [0.05, 0.1) is 5.97 Å². The Labute approximate surface area is 71.3 Å². The molecule has 0 bridgehead atoms. The SMILES string of the molecule is CSCCCCC([NH3+])C(=O)[O-]. The third-order valence-corrected chi connectivity index (χ3v) is 2.18. The lowest BCUT2D eigenvalue weighted by atomic mass is 10.1. The summed E-state index contributed by atoms with van der Waals surface area (Å²) in [5.41, 5.74) is 3.47. The summed E-state index contributed by atoms with van der Waals surface area (Å²) in [4.78, 5) is 10.2. The van der Waals surface area contributed by atoms with Gasteiger partial charge in [-0.05, 0) is 24.9 Å². The largest absolute Gasteiger partial charge is 0.544 e. The molecule has 0 saturated heterocycles. The van der Waals surface area contributed by atoms with Crippen LogP contribution in [0.1, 0.15) is 19.3 Å². The summed E-state index contributed by atoms with van der Waals surface area (Å²) in [6, 6.07) is -0.531. The first-order valence-corrected chi connectivity index (χ1v) is 5.10. The van der Waals surface area contributed by atoms with Gasteiger partial charge in [-0.25, -0.2) is 0 Å². The fraction of sp³-hybridized carbons (Fsp3) is 0.857. The maximum Gasteiger partial charge on any atom is 0.124 e. The first-order valence-electron chi connectivity index (χ1n) is 3.71. The van der Waals surface area contributed by atoms with Gasteiger partial charge in [0.25, 0.3) is 0 Å². The van der Waals surface area contributed by atoms with Gasteiger partial charge < -0.3 is 15.6 Å². The highest BCUT2D eigenvalue weighted by Crippen LogP contribution is 2.02. The molecule has 3 nitrogen and oxygen atoms in total. The number of hydrogen-bond donors (Lipinski definition) is 1. The Hall–Kier alpha value is -0.220. The molecule has 4 heteroatoms. The normalized spacial score (nSPS) is 12.9. The van der Waals surface area contributed by atoms with Gasteiger partial charge in [0.2, 0.25) is 0 Å². The molecule has 0 heterocycles. The molecule has 0 fully saturated rings. The van der Waals surface area contributed by atoms with E-state index in [1.807, 2.05) is 6.26 Å². The lowest BCUT2D eigenvalue weighted by molar-refractivity contribution is -0.438. The van der Waals surface area contributed by atoms with E-state index in [-0.39, 0.29) is 0 Å². The van der Waals surface area contributed by atoms with E-state index in [4.69, 9.17) is 0 Å². The van der Waals surface area contributed by atoms with E-state index in [0.29, 0.717) is 6.42 Å². The molecular formula is C7H15NO2S. The first kappa shape index (κ1) is 10.8. The molecule has 11 heavy (non-hydrogen) atoms. The molecule has 3 N–H and O–H groups in total. The number of rotatable bonds is 6. The summed E-state index contributed by atoms with van der Waals surface area (Å²) in [5, 5.41) is 10.2. The number of carboxylic acid groups (broad SMARTS) is 1. The topological polar surface area (TPSA) is 67.8 Å². The van der Waals surface area contributed by atoms with E-state index in [0.717, 1.165) is 18.6 Å². The number of unbranched alkanes of at least 4 members (excludes halogenated alkanes) is 1. The quantitative estimate of drug-likeness (QED) is 0.523. The van der Waals surface area contributed by atoms with E-state index in [1.54, 1.807) is 11.8 Å². The van der Waals surface area contributed by atoms with Gasteiger partial charge in [-0.15, -0.1) is 0 Å². The van der Waals surface area contributed by atoms with Gasteiger partial charge in [-0.2, -0.15) is 11.8 Å². The summed E-state index contributed by atoms with van der Waals surface area (Å²) >= 11 is 1.78. The van der Waals surface area contributed by atoms with Crippen LogP contribution in [0.2, 0.25) is 0 Å². The molecule has 1 atom stereocenters. The van der Waals surface area contributed by atoms with E-state index < -0.39 is 12.0 Å². The van der Waals surface area contributed by atoms with Crippen molar-refractivity contribution in [3.8, 4) is 0 Å². The van der Waals surface area contributed by atoms with E-state index in [9.17, 15) is 9.90 Å². The van der Waals surface area contributed by atoms with Crippen LogP contribution in [0.5, 0.6) is 0 Å². The van der Waals surface area contributed by atoms with Crippen LogP contribution in [0.15, 0.2) is 0 Å². The van der Waals surface area contributed by atoms with Crippen LogP contribution < -0.4 is 10.8 Å². The smallest absolute Gasteiger partial charge is 0.124 e. The average Bonchev–Trinajstić information content (AvgIpc) is 1.97. The monoisotopic (exact) mass is 177 g/mol. The van der Waals surface area contributed by atoms with E-state index in [2.05, 4.69) is 5.73 Å². The van der Waals surface area contributed by atoms with Crippen LogP contribution in [0.3, 0.4) is 0 Å². The van der Waals surface area contributed by atoms with Crippen LogP contribution in [-0.4, -0.2) is 24.0 Å². The zero-order valence-corrected chi connectivity index (χ0v) is 7.65. The van der Waals surface area contributed by atoms with Gasteiger partial charge in [0.1, 0.15) is 6.04 Å². The van der Waals surface area contributed by atoms with Crippen molar-refractivity contribution in [3.63, 3.8) is 0 Å². The van der Waals surface area contributed by atoms with Gasteiger partial charge in [0.15, 0.2) is 0 Å². The van der Waals surface area contributed by atoms with Crippen molar-refractivity contribution in [2.24, 2.45) is 0 Å². The zero-order valence-electron chi connectivity index (χ0n) is 6.84. The highest BCUT2D eigenvalue weighted by molar-refractivity contribution is 7.98. The highest BCUT2D eigenvalue weighted by Gasteiger charge is 2.05. The number of carbonyl (C=O) groups is 1. The first-order chi connectivity index (χ1) is 5.18. The highest BCUT2D eigenvalue weighted by atomic mass is 32.2. The van der Waals surface area contributed by atoms with Crippen LogP contribution >= 0.6 is 11.8 Å². The Bertz CT molecular complexity index is 119. The Kier molecular flexibility index (Phi) is 6.36. The number of hydrogen-bond acceptors (Lipinski definition) is 3. The van der Waals surface area contributed by atoms with Crippen LogP contribution in [-0.2, 0) is 4.79 Å². The number of aliphatic carboxylic acids is 1. The van der Waals surface area contributed by atoms with Gasteiger partial charge in [-0.3, -0.25) is 0 Å². The van der Waals surface area contributed by atoms with Crippen LogP contribution in [0.4, 0.5) is 0 Å². The second-order valence-electron chi connectivity index (χ2n) is 2.50. The standard InChI is InChI=1S/C7H15NO2S/c1-11-5-3-2-4-6(8)7(9)10/h6H,2-5,8H2,1H3,(H,9,10). The van der Waals surface area contributed by atoms with Crippen molar-refractivity contribution < 1.29 is 15.6 Å². The molecule has 1 unspecified atom stereocenters. The van der Waals surface area contributed by atoms with Gasteiger partial charge in [0, 0.05) is 6.42 Å². The van der Waals surface area contributed by atoms with Crippen molar-refractivity contribution in [1.29, 1.82) is 0 Å². The maximum absolute atomic E-state index is 10.2. The van der Waals surface area contributed by atoms with Gasteiger partial charge in [-0.1, -0.05) is 0 Å². The third kappa shape index (κ3) is 6.19. The number of carboxylic acids is 1. The molecule has 0 aromatic rings. The summed E-state index contributed by atoms with van der Waals surface area (Å²) < 4.78 is 0. The molecule has 0 aliphatic rings. The second kappa shape index (κ2) is 6.49. The molecule has 0 aliphatic carbocycles. The Morgan fingerprint density at radius 2 is 2.27 bits per heavy atom. The lowest BCUT2D eigenvalue weighted by Gasteiger charge is -2.07. The minimum Gasteiger partial charge on any atom is -0.544 e. The molecule has 0 amide bonds. The third-order valence-electron chi connectivity index (χ3n) is 1.48. The fourth-order valence-corrected chi connectivity index (χ4v) is 1.25. The molecule has 0 saturated carbocycles. The molecule has 0 aliphatic heterocycles. The van der Waals surface area contributed by atoms with Gasteiger partial charge >= 0.3 is 0 Å². The molecule has 0 aromatic heterocycles. The van der Waals surface area contributed by atoms with Crippen molar-refractivity contribution in [1.82, 2.24) is 0 Å². The predicted molar refractivity (Wildman–Crippen MR) is 43.9 cm³/mol. The molecule has 66 valence electrons. The van der Waals surface area contributed by atoms with Crippen molar-refractivity contribution in [2.75, 3.05) is 12.0 Å². The molecule has 0 spiro atoms. The Morgan fingerprint density at radius 1 is 1.64 bits per heavy atom. The lowest BCUT2D eigenvalue weighted by Crippen LogP contribution is -2.68. The molecule has 0 rings (SSSR count). The van der Waals surface area contributed by atoms with E-state index >= 15 is 0 Å². The fourth-order valence-electron chi connectivity index (χ4n) is 0.755. The Balaban J connectivity index is 3.17. The Morgan fingerprint density at radius 3 is 2.73 bits per heavy atom. The summed E-state index contributed by atoms with van der Waals surface area (Å²) in [7, 11) is 0. The number of carbonyl (C=O) groups excluding carboxylic acids is 1. The summed E-state index contributed by atoms with van der Waals surface area (Å²) in [6.45, 7) is 0. The number of thioether (sulfide) groups is 1. The minimum atomic E-state index is -1.03. The van der Waals surface area contributed by atoms with Crippen molar-refractivity contribution in [3.05, 3.63) is 0 Å². The van der Waals surface area contributed by atoms with Crippen molar-refractivity contribution >= 4 is 17.7 Å². The average molecular weight is 177 g/mol. The number of quaternary nitrogens is 1. The summed E-state index contributed by atoms with van der Waals surface area (Å²) in [5.74, 6) is 0.0638. The maximum atomic E-state index is 10.2. The van der Waals surface area contributed by atoms with Crippen molar-refractivity contribution in [2.45, 2.75) is 25.3 Å². The van der Waals surface area contributed by atoms with Crippen LogP contribution in [0, 0.1) is 0 Å². The van der Waals surface area contributed by atoms with E-state index in [1.165, 1.54) is 0 Å². The molecule has 0 radical (unpaired) electrons. The molecular weight excluding hydrogens is 162 g/mol. The summed E-state index contributed by atoms with van der Waals surface area (Å²) in [6.07, 6.45) is 4.69. The molecule has 0 aromatic carbocycles. The second-order valence-corrected chi connectivity index (χ2v) is 3.49. The van der Waals surface area contributed by atoms with Crippen LogP contribution in [0.25, 0.3) is 0 Å².